The summed E-state index contributed by atoms with van der Waals surface area (Å²) in [7, 11) is 0. The van der Waals surface area contributed by atoms with E-state index in [1.54, 1.807) is 29.6 Å². The van der Waals surface area contributed by atoms with Gasteiger partial charge in [-0.1, -0.05) is 12.1 Å². The van der Waals surface area contributed by atoms with Gasteiger partial charge < -0.3 is 0 Å². The monoisotopic (exact) mass is 457 g/mol. The van der Waals surface area contributed by atoms with E-state index < -0.39 is 11.6 Å². The van der Waals surface area contributed by atoms with E-state index in [9.17, 15) is 13.6 Å². The van der Waals surface area contributed by atoms with Crippen LogP contribution in [0.1, 0.15) is 18.2 Å². The Morgan fingerprint density at radius 3 is 2.47 bits per heavy atom. The number of carbonyl (C=O) groups excluding carboxylic acids is 1. The van der Waals surface area contributed by atoms with Crippen LogP contribution in [-0.4, -0.2) is 36.2 Å². The van der Waals surface area contributed by atoms with E-state index in [2.05, 4.69) is 28.2 Å². The van der Waals surface area contributed by atoms with E-state index in [1.165, 1.54) is 19.1 Å². The van der Waals surface area contributed by atoms with Gasteiger partial charge in [0.15, 0.2) is 23.1 Å². The molecule has 0 bridgehead atoms. The third-order valence-electron chi connectivity index (χ3n) is 4.23. The highest BCUT2D eigenvalue weighted by atomic mass is 32.2. The van der Waals surface area contributed by atoms with Crippen LogP contribution >= 0.6 is 11.8 Å². The summed E-state index contributed by atoms with van der Waals surface area (Å²) in [6, 6.07) is 4.11. The van der Waals surface area contributed by atoms with Crippen molar-refractivity contribution in [3.8, 4) is 11.3 Å². The third kappa shape index (κ3) is 5.88. The molecule has 0 radical (unpaired) electrons. The summed E-state index contributed by atoms with van der Waals surface area (Å²) >= 11 is 1.57. The molecule has 0 aliphatic heterocycles. The van der Waals surface area contributed by atoms with E-state index in [0.717, 1.165) is 33.7 Å². The fourth-order valence-electron chi connectivity index (χ4n) is 2.85. The van der Waals surface area contributed by atoms with Crippen molar-refractivity contribution < 1.29 is 13.6 Å². The van der Waals surface area contributed by atoms with E-state index in [4.69, 9.17) is 0 Å². The number of thioether (sulfide) groups is 1. The highest BCUT2D eigenvalue weighted by Crippen LogP contribution is 2.25. The molecule has 0 atom stereocenters. The number of rotatable bonds is 4. The molecule has 1 aromatic carbocycles. The van der Waals surface area contributed by atoms with Crippen molar-refractivity contribution in [2.45, 2.75) is 32.3 Å². The van der Waals surface area contributed by atoms with E-state index in [-0.39, 0.29) is 12.3 Å². The second kappa shape index (κ2) is 11.3. The van der Waals surface area contributed by atoms with Crippen molar-refractivity contribution in [3.63, 3.8) is 0 Å². The minimum absolute atomic E-state index is 0.0764. The molecule has 0 N–H and O–H groups in total. The molecule has 0 spiro atoms. The summed E-state index contributed by atoms with van der Waals surface area (Å²) in [6.07, 6.45) is 9.37. The van der Waals surface area contributed by atoms with Crippen LogP contribution in [0.2, 0.25) is 0 Å². The summed E-state index contributed by atoms with van der Waals surface area (Å²) in [5.41, 5.74) is 3.99. The predicted molar refractivity (Wildman–Crippen MR) is 124 cm³/mol. The Labute approximate surface area is 190 Å². The van der Waals surface area contributed by atoms with Gasteiger partial charge in [0.05, 0.1) is 30.3 Å². The summed E-state index contributed by atoms with van der Waals surface area (Å²) in [5.74, 6) is -1.46. The van der Waals surface area contributed by atoms with E-state index >= 15 is 0 Å². The average Bonchev–Trinajstić information content (AvgIpc) is 3.39. The van der Waals surface area contributed by atoms with Gasteiger partial charge in [-0.25, -0.2) is 18.7 Å². The molecular formula is C23H25F2N5OS. The van der Waals surface area contributed by atoms with Crippen LogP contribution in [-0.2, 0) is 11.3 Å². The van der Waals surface area contributed by atoms with Gasteiger partial charge in [0, 0.05) is 18.0 Å². The molecule has 0 aliphatic rings. The van der Waals surface area contributed by atoms with Crippen molar-refractivity contribution in [1.82, 2.24) is 24.1 Å². The lowest BCUT2D eigenvalue weighted by Crippen LogP contribution is -2.05. The summed E-state index contributed by atoms with van der Waals surface area (Å²) in [6.45, 7) is 11.3. The number of aromatic nitrogens is 5. The topological polar surface area (TPSA) is 65.1 Å². The fraction of sp³-hybridized carbons (Fsp3) is 0.217. The molecule has 3 aromatic heterocycles. The zero-order chi connectivity index (χ0) is 23.8. The molecule has 0 aliphatic carbocycles. The molecule has 6 nitrogen and oxygen atoms in total. The largest absolute Gasteiger partial charge is 0.298 e. The zero-order valence-corrected chi connectivity index (χ0v) is 19.3. The quantitative estimate of drug-likeness (QED) is 0.308. The summed E-state index contributed by atoms with van der Waals surface area (Å²) in [4.78, 5) is 20.1. The van der Waals surface area contributed by atoms with Gasteiger partial charge >= 0.3 is 0 Å². The van der Waals surface area contributed by atoms with Gasteiger partial charge in [-0.15, -0.1) is 24.9 Å². The molecule has 0 fully saturated rings. The van der Waals surface area contributed by atoms with Crippen LogP contribution in [0.15, 0.2) is 61.2 Å². The van der Waals surface area contributed by atoms with Crippen LogP contribution in [0.5, 0.6) is 0 Å². The maximum atomic E-state index is 12.4. The SMILES string of the molecule is C=C.CSc1nc(C)cn2c(-c3cnn(CC(C)=O)c3)cnc12.Cc1cccc(F)c1F. The first-order valence-electron chi connectivity index (χ1n) is 9.61. The molecule has 3 heterocycles. The first-order valence-corrected chi connectivity index (χ1v) is 10.8. The molecule has 9 heteroatoms. The molecule has 0 amide bonds. The number of nitrogens with zero attached hydrogens (tertiary/aromatic N) is 5. The van der Waals surface area contributed by atoms with Crippen molar-refractivity contribution in [2.24, 2.45) is 0 Å². The average molecular weight is 458 g/mol. The number of benzene rings is 1. The molecule has 0 saturated carbocycles. The summed E-state index contributed by atoms with van der Waals surface area (Å²) in [5, 5.41) is 5.12. The molecular weight excluding hydrogens is 432 g/mol. The van der Waals surface area contributed by atoms with Crippen LogP contribution < -0.4 is 0 Å². The normalized spacial score (nSPS) is 10.2. The smallest absolute Gasteiger partial charge is 0.170 e. The number of Topliss-reactive ketones (excluding diaryl/α,β-unsaturated/α-hetero) is 1. The Balaban J connectivity index is 0.000000277. The Kier molecular flexibility index (Phi) is 8.83. The lowest BCUT2D eigenvalue weighted by molar-refractivity contribution is -0.117. The molecule has 4 rings (SSSR count). The van der Waals surface area contributed by atoms with E-state index in [1.807, 2.05) is 36.2 Å². The van der Waals surface area contributed by atoms with Crippen molar-refractivity contribution in [3.05, 3.63) is 79.0 Å². The number of hydrogen-bond acceptors (Lipinski definition) is 5. The Hall–Kier alpha value is -3.33. The second-order valence-corrected chi connectivity index (χ2v) is 7.52. The first kappa shape index (κ1) is 24.9. The van der Waals surface area contributed by atoms with Crippen molar-refractivity contribution >= 4 is 23.2 Å². The van der Waals surface area contributed by atoms with Gasteiger partial charge in [-0.3, -0.25) is 13.9 Å². The minimum Gasteiger partial charge on any atom is -0.298 e. The van der Waals surface area contributed by atoms with E-state index in [0.29, 0.717) is 5.56 Å². The molecule has 168 valence electrons. The fourth-order valence-corrected chi connectivity index (χ4v) is 3.42. The van der Waals surface area contributed by atoms with Crippen LogP contribution in [0.25, 0.3) is 16.9 Å². The lowest BCUT2D eigenvalue weighted by Gasteiger charge is -2.04. The highest BCUT2D eigenvalue weighted by Gasteiger charge is 2.12. The number of fused-ring (bicyclic) bond motifs is 1. The maximum Gasteiger partial charge on any atom is 0.170 e. The molecule has 0 unspecified atom stereocenters. The van der Waals surface area contributed by atoms with Gasteiger partial charge in [-0.2, -0.15) is 5.10 Å². The number of aryl methyl sites for hydroxylation is 2. The standard InChI is InChI=1S/C14H15N5OS.C7H6F2.C2H4/c1-9-6-19-12(5-15-13(19)14(17-9)21-3)11-4-16-18(8-11)7-10(2)20;1-5-3-2-4-6(8)7(5)9;1-2/h4-6,8H,7H2,1-3H3;2-4H,1H3;1-2H2. The third-order valence-corrected chi connectivity index (χ3v) is 4.89. The first-order chi connectivity index (χ1) is 15.3. The number of carbonyl (C=O) groups is 1. The number of imidazole rings is 1. The van der Waals surface area contributed by atoms with Crippen LogP contribution in [0, 0.1) is 25.5 Å². The second-order valence-electron chi connectivity index (χ2n) is 6.73. The number of ketones is 1. The number of hydrogen-bond donors (Lipinski definition) is 0. The van der Waals surface area contributed by atoms with Crippen molar-refractivity contribution in [1.29, 1.82) is 0 Å². The molecule has 4 aromatic rings. The summed E-state index contributed by atoms with van der Waals surface area (Å²) < 4.78 is 28.2. The number of halogens is 2. The Morgan fingerprint density at radius 2 is 1.88 bits per heavy atom. The molecule has 0 saturated heterocycles. The Bertz CT molecular complexity index is 1200. The van der Waals surface area contributed by atoms with Crippen LogP contribution in [0.4, 0.5) is 8.78 Å². The highest BCUT2D eigenvalue weighted by molar-refractivity contribution is 7.98. The van der Waals surface area contributed by atoms with Gasteiger partial charge in [0.2, 0.25) is 0 Å². The van der Waals surface area contributed by atoms with Gasteiger partial charge in [0.25, 0.3) is 0 Å². The zero-order valence-electron chi connectivity index (χ0n) is 18.5. The minimum atomic E-state index is -0.782. The predicted octanol–water partition coefficient (Wildman–Crippen LogP) is 5.29. The lowest BCUT2D eigenvalue weighted by atomic mass is 10.2. The van der Waals surface area contributed by atoms with Crippen molar-refractivity contribution in [2.75, 3.05) is 6.26 Å². The van der Waals surface area contributed by atoms with Gasteiger partial charge in [-0.05, 0) is 38.7 Å². The van der Waals surface area contributed by atoms with Gasteiger partial charge in [0.1, 0.15) is 5.03 Å². The Morgan fingerprint density at radius 1 is 1.16 bits per heavy atom. The van der Waals surface area contributed by atoms with Crippen LogP contribution in [0.3, 0.4) is 0 Å². The maximum absolute atomic E-state index is 12.4. The molecule has 32 heavy (non-hydrogen) atoms.